The molecule has 2 aliphatic heterocycles. The van der Waals surface area contributed by atoms with Gasteiger partial charge in [-0.05, 0) is 32.2 Å². The molecule has 0 saturated carbocycles. The molecule has 17 heavy (non-hydrogen) atoms. The molecule has 2 aliphatic rings. The van der Waals surface area contributed by atoms with E-state index >= 15 is 0 Å². The Labute approximate surface area is 105 Å². The number of hydrogen-bond acceptors (Lipinski definition) is 3. The largest absolute Gasteiger partial charge is 0.381 e. The van der Waals surface area contributed by atoms with Crippen LogP contribution in [0.25, 0.3) is 0 Å². The first-order valence-electron chi connectivity index (χ1n) is 6.75. The summed E-state index contributed by atoms with van der Waals surface area (Å²) in [5, 5.41) is 0. The fourth-order valence-electron chi connectivity index (χ4n) is 2.83. The number of rotatable bonds is 3. The highest BCUT2D eigenvalue weighted by atomic mass is 16.5. The number of Topliss-reactive ketones (excluding diaryl/α,β-unsaturated/α-hetero) is 1. The van der Waals surface area contributed by atoms with Gasteiger partial charge in [0.05, 0.1) is 6.04 Å². The Morgan fingerprint density at radius 2 is 1.88 bits per heavy atom. The van der Waals surface area contributed by atoms with E-state index in [-0.39, 0.29) is 11.5 Å². The van der Waals surface area contributed by atoms with Crippen LogP contribution < -0.4 is 0 Å². The van der Waals surface area contributed by atoms with Crippen LogP contribution in [-0.4, -0.2) is 43.0 Å². The van der Waals surface area contributed by atoms with Gasteiger partial charge in [-0.25, -0.2) is 0 Å². The molecule has 0 spiro atoms. The molecule has 0 aromatic carbocycles. The molecular weight excluding hydrogens is 214 g/mol. The van der Waals surface area contributed by atoms with Crippen molar-refractivity contribution >= 4 is 5.78 Å². The van der Waals surface area contributed by atoms with Gasteiger partial charge in [0.25, 0.3) is 0 Å². The van der Waals surface area contributed by atoms with Gasteiger partial charge in [-0.1, -0.05) is 20.8 Å². The average molecular weight is 239 g/mol. The third-order valence-corrected chi connectivity index (χ3v) is 4.16. The summed E-state index contributed by atoms with van der Waals surface area (Å²) in [7, 11) is 2.08. The second-order valence-corrected chi connectivity index (χ2v) is 6.58. The topological polar surface area (TPSA) is 29.3 Å². The summed E-state index contributed by atoms with van der Waals surface area (Å²) in [6.45, 7) is 7.87. The van der Waals surface area contributed by atoms with Gasteiger partial charge < -0.3 is 4.74 Å². The first kappa shape index (κ1) is 13.0. The molecule has 98 valence electrons. The lowest BCUT2D eigenvalue weighted by atomic mass is 9.86. The monoisotopic (exact) mass is 239 g/mol. The Morgan fingerprint density at radius 1 is 1.29 bits per heavy atom. The van der Waals surface area contributed by atoms with Crippen molar-refractivity contribution in [3.05, 3.63) is 0 Å². The molecule has 0 aliphatic carbocycles. The number of likely N-dealkylation sites (N-methyl/N-ethyl adjacent to an activating group) is 1. The standard InChI is InChI=1S/C14H25NO2/c1-14(2,3)13(16)12-11(15(12)4)9-10-5-7-17-8-6-10/h10-12H,5-9H2,1-4H3. The van der Waals surface area contributed by atoms with E-state index in [0.717, 1.165) is 19.1 Å². The summed E-state index contributed by atoms with van der Waals surface area (Å²) in [5.74, 6) is 1.16. The Kier molecular flexibility index (Phi) is 3.60. The van der Waals surface area contributed by atoms with E-state index in [4.69, 9.17) is 4.74 Å². The van der Waals surface area contributed by atoms with Crippen molar-refractivity contribution in [3.63, 3.8) is 0 Å². The summed E-state index contributed by atoms with van der Waals surface area (Å²) in [4.78, 5) is 14.5. The third-order valence-electron chi connectivity index (χ3n) is 4.16. The van der Waals surface area contributed by atoms with Crippen LogP contribution in [0.2, 0.25) is 0 Å². The molecule has 2 fully saturated rings. The van der Waals surface area contributed by atoms with E-state index < -0.39 is 0 Å². The Balaban J connectivity index is 1.86. The van der Waals surface area contributed by atoms with Crippen LogP contribution in [0.15, 0.2) is 0 Å². The molecular formula is C14H25NO2. The molecule has 3 atom stereocenters. The predicted molar refractivity (Wildman–Crippen MR) is 68.0 cm³/mol. The summed E-state index contributed by atoms with van der Waals surface area (Å²) < 4.78 is 5.38. The van der Waals surface area contributed by atoms with E-state index in [2.05, 4.69) is 11.9 Å². The number of nitrogens with zero attached hydrogens (tertiary/aromatic N) is 1. The maximum Gasteiger partial charge on any atom is 0.156 e. The van der Waals surface area contributed by atoms with Gasteiger partial charge in [-0.15, -0.1) is 0 Å². The number of carbonyl (C=O) groups is 1. The molecule has 0 aromatic heterocycles. The van der Waals surface area contributed by atoms with Gasteiger partial charge in [-0.3, -0.25) is 9.69 Å². The first-order chi connectivity index (χ1) is 7.91. The van der Waals surface area contributed by atoms with Crippen LogP contribution in [0.3, 0.4) is 0 Å². The minimum Gasteiger partial charge on any atom is -0.381 e. The fourth-order valence-corrected chi connectivity index (χ4v) is 2.83. The maximum absolute atomic E-state index is 12.2. The molecule has 3 unspecified atom stereocenters. The van der Waals surface area contributed by atoms with Crippen LogP contribution in [0.4, 0.5) is 0 Å². The normalized spacial score (nSPS) is 34.7. The highest BCUT2D eigenvalue weighted by Gasteiger charge is 2.52. The predicted octanol–water partition coefficient (Wildman–Crippen LogP) is 2.10. The quantitative estimate of drug-likeness (QED) is 0.706. The highest BCUT2D eigenvalue weighted by Crippen LogP contribution is 2.38. The third kappa shape index (κ3) is 2.89. The van der Waals surface area contributed by atoms with Crippen LogP contribution in [0.1, 0.15) is 40.0 Å². The van der Waals surface area contributed by atoms with Gasteiger partial charge in [0.15, 0.2) is 5.78 Å². The molecule has 0 radical (unpaired) electrons. The van der Waals surface area contributed by atoms with E-state index in [9.17, 15) is 4.79 Å². The van der Waals surface area contributed by atoms with E-state index in [0.29, 0.717) is 11.8 Å². The van der Waals surface area contributed by atoms with Gasteiger partial charge in [0, 0.05) is 24.7 Å². The highest BCUT2D eigenvalue weighted by molar-refractivity contribution is 5.91. The molecule has 2 rings (SSSR count). The van der Waals surface area contributed by atoms with E-state index in [1.165, 1.54) is 19.3 Å². The molecule has 0 aromatic rings. The zero-order valence-corrected chi connectivity index (χ0v) is 11.5. The van der Waals surface area contributed by atoms with Crippen LogP contribution in [-0.2, 0) is 9.53 Å². The molecule has 0 N–H and O–H groups in total. The van der Waals surface area contributed by atoms with Gasteiger partial charge >= 0.3 is 0 Å². The first-order valence-corrected chi connectivity index (χ1v) is 6.75. The number of carbonyl (C=O) groups excluding carboxylic acids is 1. The van der Waals surface area contributed by atoms with Crippen molar-refractivity contribution < 1.29 is 9.53 Å². The second-order valence-electron chi connectivity index (χ2n) is 6.58. The van der Waals surface area contributed by atoms with Gasteiger partial charge in [0.2, 0.25) is 0 Å². The Morgan fingerprint density at radius 3 is 2.41 bits per heavy atom. The summed E-state index contributed by atoms with van der Waals surface area (Å²) in [5.41, 5.74) is -0.205. The van der Waals surface area contributed by atoms with Crippen molar-refractivity contribution in [2.75, 3.05) is 20.3 Å². The summed E-state index contributed by atoms with van der Waals surface area (Å²) in [6, 6.07) is 0.669. The van der Waals surface area contributed by atoms with Crippen molar-refractivity contribution in [1.82, 2.24) is 4.90 Å². The zero-order chi connectivity index (χ0) is 12.6. The molecule has 2 heterocycles. The van der Waals surface area contributed by atoms with E-state index in [1.807, 2.05) is 20.8 Å². The smallest absolute Gasteiger partial charge is 0.156 e. The lowest BCUT2D eigenvalue weighted by Crippen LogP contribution is -2.28. The minimum absolute atomic E-state index is 0.179. The summed E-state index contributed by atoms with van der Waals surface area (Å²) >= 11 is 0. The minimum atomic E-state index is -0.205. The van der Waals surface area contributed by atoms with Crippen molar-refractivity contribution in [3.8, 4) is 0 Å². The second kappa shape index (κ2) is 4.69. The van der Waals surface area contributed by atoms with Crippen LogP contribution in [0, 0.1) is 11.3 Å². The Hall–Kier alpha value is -0.410. The maximum atomic E-state index is 12.2. The molecule has 0 amide bonds. The average Bonchev–Trinajstić information content (AvgIpc) is 2.88. The lowest BCUT2D eigenvalue weighted by molar-refractivity contribution is -0.126. The van der Waals surface area contributed by atoms with Crippen molar-refractivity contribution in [1.29, 1.82) is 0 Å². The zero-order valence-electron chi connectivity index (χ0n) is 11.5. The van der Waals surface area contributed by atoms with Gasteiger partial charge in [-0.2, -0.15) is 0 Å². The number of ether oxygens (including phenoxy) is 1. The van der Waals surface area contributed by atoms with Gasteiger partial charge in [0.1, 0.15) is 0 Å². The lowest BCUT2D eigenvalue weighted by Gasteiger charge is -2.21. The molecule has 3 nitrogen and oxygen atoms in total. The SMILES string of the molecule is CN1C(CC2CCOCC2)C1C(=O)C(C)(C)C. The molecule has 0 bridgehead atoms. The van der Waals surface area contributed by atoms with Crippen molar-refractivity contribution in [2.45, 2.75) is 52.1 Å². The molecule has 2 saturated heterocycles. The fraction of sp³-hybridized carbons (Fsp3) is 0.929. The number of ketones is 1. The van der Waals surface area contributed by atoms with Crippen LogP contribution in [0.5, 0.6) is 0 Å². The number of hydrogen-bond donors (Lipinski definition) is 0. The van der Waals surface area contributed by atoms with Crippen LogP contribution >= 0.6 is 0 Å². The van der Waals surface area contributed by atoms with Crippen molar-refractivity contribution in [2.24, 2.45) is 11.3 Å². The molecule has 3 heteroatoms. The summed E-state index contributed by atoms with van der Waals surface area (Å²) in [6.07, 6.45) is 3.51. The van der Waals surface area contributed by atoms with E-state index in [1.54, 1.807) is 0 Å². The Bertz CT molecular complexity index is 289.